The highest BCUT2D eigenvalue weighted by Gasteiger charge is 2.38. The maximum atomic E-state index is 12.1. The standard InChI is InChI=1S/C16H12N4O3/c21-16-15(11-7-3-1-2-4-8-12(11)17-16)19-18-13-9-5-6-10-14(13)20(22)23/h2,4-6,8-11,15H,7H2,(H,17,21)/b4-2-,12-8+,19-18?. The summed E-state index contributed by atoms with van der Waals surface area (Å²) in [7, 11) is 0. The Hall–Kier alpha value is -3.27. The van der Waals surface area contributed by atoms with Crippen LogP contribution in [0.4, 0.5) is 11.4 Å². The van der Waals surface area contributed by atoms with Gasteiger partial charge in [-0.15, -0.1) is 5.11 Å². The van der Waals surface area contributed by atoms with Gasteiger partial charge in [0.05, 0.1) is 4.92 Å². The van der Waals surface area contributed by atoms with Gasteiger partial charge in [0, 0.05) is 24.1 Å². The van der Waals surface area contributed by atoms with Crippen molar-refractivity contribution in [3.63, 3.8) is 0 Å². The molecule has 23 heavy (non-hydrogen) atoms. The van der Waals surface area contributed by atoms with Gasteiger partial charge in [0.2, 0.25) is 0 Å². The average Bonchev–Trinajstić information content (AvgIpc) is 2.80. The van der Waals surface area contributed by atoms with Crippen molar-refractivity contribution in [1.29, 1.82) is 0 Å². The number of nitro benzene ring substituents is 1. The van der Waals surface area contributed by atoms with Crippen molar-refractivity contribution in [2.75, 3.05) is 0 Å². The predicted octanol–water partition coefficient (Wildman–Crippen LogP) is 2.64. The quantitative estimate of drug-likeness (QED) is 0.402. The second-order valence-electron chi connectivity index (χ2n) is 5.01. The van der Waals surface area contributed by atoms with Crippen molar-refractivity contribution >= 4 is 17.3 Å². The van der Waals surface area contributed by atoms with Crippen molar-refractivity contribution in [3.05, 3.63) is 58.3 Å². The molecule has 1 fully saturated rings. The van der Waals surface area contributed by atoms with Crippen LogP contribution in [0, 0.1) is 27.9 Å². The second-order valence-corrected chi connectivity index (χ2v) is 5.01. The molecular formula is C16H12N4O3. The van der Waals surface area contributed by atoms with Crippen molar-refractivity contribution in [2.24, 2.45) is 16.1 Å². The maximum absolute atomic E-state index is 12.1. The van der Waals surface area contributed by atoms with Crippen molar-refractivity contribution < 1.29 is 9.72 Å². The lowest BCUT2D eigenvalue weighted by molar-refractivity contribution is -0.384. The summed E-state index contributed by atoms with van der Waals surface area (Å²) in [5.74, 6) is 5.32. The first-order valence-electron chi connectivity index (χ1n) is 6.97. The topological polar surface area (TPSA) is 97.0 Å². The maximum Gasteiger partial charge on any atom is 0.296 e. The van der Waals surface area contributed by atoms with Gasteiger partial charge in [-0.2, -0.15) is 5.11 Å². The minimum atomic E-state index is -0.734. The summed E-state index contributed by atoms with van der Waals surface area (Å²) in [5, 5.41) is 21.7. The molecular weight excluding hydrogens is 296 g/mol. The van der Waals surface area contributed by atoms with E-state index in [9.17, 15) is 14.9 Å². The van der Waals surface area contributed by atoms with E-state index in [2.05, 4.69) is 27.4 Å². The fraction of sp³-hybridized carbons (Fsp3) is 0.188. The first kappa shape index (κ1) is 14.7. The zero-order valence-electron chi connectivity index (χ0n) is 12.0. The van der Waals surface area contributed by atoms with E-state index in [1.165, 1.54) is 12.1 Å². The Kier molecular flexibility index (Phi) is 3.97. The molecule has 7 heteroatoms. The van der Waals surface area contributed by atoms with Crippen molar-refractivity contribution in [1.82, 2.24) is 5.32 Å². The number of hydrogen-bond donors (Lipinski definition) is 1. The summed E-state index contributed by atoms with van der Waals surface area (Å²) in [6.45, 7) is 0. The molecule has 1 aromatic rings. The molecule has 0 spiro atoms. The number of rotatable bonds is 3. The van der Waals surface area contributed by atoms with E-state index in [1.54, 1.807) is 30.4 Å². The van der Waals surface area contributed by atoms with E-state index in [1.807, 2.05) is 0 Å². The zero-order chi connectivity index (χ0) is 16.2. The Labute approximate surface area is 132 Å². The third kappa shape index (κ3) is 3.01. The number of azo groups is 1. The number of hydrogen-bond acceptors (Lipinski definition) is 5. The number of allylic oxidation sites excluding steroid dienone is 3. The molecule has 2 atom stereocenters. The smallest absolute Gasteiger partial charge is 0.296 e. The van der Waals surface area contributed by atoms with Gasteiger partial charge in [0.1, 0.15) is 0 Å². The molecule has 114 valence electrons. The molecule has 0 saturated carbocycles. The molecule has 1 aromatic carbocycles. The highest BCUT2D eigenvalue weighted by atomic mass is 16.6. The monoisotopic (exact) mass is 308 g/mol. The van der Waals surface area contributed by atoms with Gasteiger partial charge in [-0.3, -0.25) is 14.9 Å². The molecule has 0 aromatic heterocycles. The largest absolute Gasteiger partial charge is 0.327 e. The average molecular weight is 308 g/mol. The van der Waals surface area contributed by atoms with Crippen LogP contribution in [0.3, 0.4) is 0 Å². The molecule has 1 aliphatic heterocycles. The summed E-state index contributed by atoms with van der Waals surface area (Å²) in [4.78, 5) is 22.5. The van der Waals surface area contributed by atoms with Crippen LogP contribution in [0.15, 0.2) is 58.4 Å². The van der Waals surface area contributed by atoms with Crippen LogP contribution in [-0.4, -0.2) is 16.9 Å². The van der Waals surface area contributed by atoms with Gasteiger partial charge in [0.25, 0.3) is 11.6 Å². The van der Waals surface area contributed by atoms with Crippen LogP contribution in [0.5, 0.6) is 0 Å². The Balaban J connectivity index is 1.89. The fourth-order valence-corrected chi connectivity index (χ4v) is 2.44. The Bertz CT molecular complexity index is 814. The number of benzene rings is 1. The number of nitrogens with one attached hydrogen (secondary N) is 1. The van der Waals surface area contributed by atoms with Crippen LogP contribution in [0.1, 0.15) is 6.42 Å². The molecule has 1 saturated heterocycles. The molecule has 3 rings (SSSR count). The van der Waals surface area contributed by atoms with Gasteiger partial charge in [0.15, 0.2) is 11.7 Å². The Morgan fingerprint density at radius 1 is 1.35 bits per heavy atom. The molecule has 2 unspecified atom stereocenters. The van der Waals surface area contributed by atoms with E-state index in [-0.39, 0.29) is 23.2 Å². The van der Waals surface area contributed by atoms with Gasteiger partial charge >= 0.3 is 0 Å². The van der Waals surface area contributed by atoms with Crippen molar-refractivity contribution in [2.45, 2.75) is 12.5 Å². The lowest BCUT2D eigenvalue weighted by Crippen LogP contribution is -2.22. The number of nitro groups is 1. The molecule has 0 radical (unpaired) electrons. The summed E-state index contributed by atoms with van der Waals surface area (Å²) in [6, 6.07) is 5.29. The number of para-hydroxylation sites is 1. The number of nitrogens with zero attached hydrogens (tertiary/aromatic N) is 3. The summed E-state index contributed by atoms with van der Waals surface area (Å²) >= 11 is 0. The normalized spacial score (nSPS) is 26.1. The van der Waals surface area contributed by atoms with Crippen LogP contribution in [-0.2, 0) is 4.79 Å². The number of fused-ring (bicyclic) bond motifs is 1. The number of carbonyl (C=O) groups excluding carboxylic acids is 1. The van der Waals surface area contributed by atoms with Crippen LogP contribution in [0.2, 0.25) is 0 Å². The zero-order valence-corrected chi connectivity index (χ0v) is 12.0. The summed E-state index contributed by atoms with van der Waals surface area (Å²) in [5.41, 5.74) is 0.720. The van der Waals surface area contributed by atoms with Gasteiger partial charge in [-0.05, 0) is 18.2 Å². The van der Waals surface area contributed by atoms with Crippen LogP contribution in [0.25, 0.3) is 0 Å². The third-order valence-corrected chi connectivity index (χ3v) is 3.56. The molecule has 2 aliphatic rings. The SMILES string of the molecule is O=C1N/C2=C/C=C\C#CCC2C1N=Nc1ccccc1[N+](=O)[O-]. The van der Waals surface area contributed by atoms with E-state index in [0.29, 0.717) is 6.42 Å². The minimum Gasteiger partial charge on any atom is -0.327 e. The fourth-order valence-electron chi connectivity index (χ4n) is 2.44. The molecule has 0 bridgehead atoms. The second kappa shape index (κ2) is 6.23. The first-order chi connectivity index (χ1) is 11.2. The molecule has 7 nitrogen and oxygen atoms in total. The highest BCUT2D eigenvalue weighted by Crippen LogP contribution is 2.31. The van der Waals surface area contributed by atoms with E-state index >= 15 is 0 Å². The van der Waals surface area contributed by atoms with Gasteiger partial charge in [-0.1, -0.05) is 30.0 Å². The van der Waals surface area contributed by atoms with Gasteiger partial charge < -0.3 is 5.32 Å². The van der Waals surface area contributed by atoms with E-state index in [4.69, 9.17) is 0 Å². The van der Waals surface area contributed by atoms with Crippen molar-refractivity contribution in [3.8, 4) is 11.8 Å². The molecule has 1 amide bonds. The Morgan fingerprint density at radius 2 is 2.17 bits per heavy atom. The van der Waals surface area contributed by atoms with Crippen LogP contribution >= 0.6 is 0 Å². The van der Waals surface area contributed by atoms with Crippen LogP contribution < -0.4 is 5.32 Å². The number of amides is 1. The van der Waals surface area contributed by atoms with Gasteiger partial charge in [-0.25, -0.2) is 0 Å². The summed E-state index contributed by atoms with van der Waals surface area (Å²) in [6.07, 6.45) is 5.72. The Morgan fingerprint density at radius 3 is 3.00 bits per heavy atom. The van der Waals surface area contributed by atoms with E-state index < -0.39 is 11.0 Å². The third-order valence-electron chi connectivity index (χ3n) is 3.56. The number of carbonyl (C=O) groups is 1. The lowest BCUT2D eigenvalue weighted by atomic mass is 9.96. The summed E-state index contributed by atoms with van der Waals surface area (Å²) < 4.78 is 0. The molecule has 1 N–H and O–H groups in total. The van der Waals surface area contributed by atoms with E-state index in [0.717, 1.165) is 5.70 Å². The highest BCUT2D eigenvalue weighted by molar-refractivity contribution is 5.88. The molecule has 1 aliphatic carbocycles. The lowest BCUT2D eigenvalue weighted by Gasteiger charge is -2.10. The molecule has 1 heterocycles. The first-order valence-corrected chi connectivity index (χ1v) is 6.97. The minimum absolute atomic E-state index is 0.125. The predicted molar refractivity (Wildman–Crippen MR) is 82.6 cm³/mol.